The van der Waals surface area contributed by atoms with Crippen molar-refractivity contribution in [2.24, 2.45) is 0 Å². The van der Waals surface area contributed by atoms with Crippen LogP contribution < -0.4 is 5.32 Å². The van der Waals surface area contributed by atoms with Gasteiger partial charge < -0.3 is 10.4 Å². The lowest BCUT2D eigenvalue weighted by molar-refractivity contribution is -0.115. The fourth-order valence-electron chi connectivity index (χ4n) is 2.83. The maximum Gasteiger partial charge on any atom is 0.224 e. The molecular formula is C17H17NO2. The average molecular weight is 267 g/mol. The highest BCUT2D eigenvalue weighted by Crippen LogP contribution is 2.45. The standard InChI is InChI=1S/C17H17NO2/c1-2-17(20)18-11-7-8-14-12-5-3-4-6-13(12)16(10-19)15(14)9-11/h3-9,16,19H,2,10H2,1H3,(H,18,20). The Kier molecular flexibility index (Phi) is 3.28. The van der Waals surface area contributed by atoms with Crippen molar-refractivity contribution in [1.29, 1.82) is 0 Å². The lowest BCUT2D eigenvalue weighted by atomic mass is 9.98. The number of nitrogens with one attached hydrogen (secondary N) is 1. The van der Waals surface area contributed by atoms with E-state index in [-0.39, 0.29) is 18.4 Å². The molecule has 0 aliphatic heterocycles. The number of amides is 1. The number of hydrogen-bond donors (Lipinski definition) is 2. The van der Waals surface area contributed by atoms with Gasteiger partial charge in [0.25, 0.3) is 0 Å². The van der Waals surface area contributed by atoms with Crippen molar-refractivity contribution in [3.8, 4) is 11.1 Å². The largest absolute Gasteiger partial charge is 0.395 e. The Morgan fingerprint density at radius 2 is 1.90 bits per heavy atom. The smallest absolute Gasteiger partial charge is 0.224 e. The van der Waals surface area contributed by atoms with Crippen LogP contribution in [-0.2, 0) is 4.79 Å². The molecule has 1 amide bonds. The van der Waals surface area contributed by atoms with Crippen molar-refractivity contribution in [3.05, 3.63) is 53.6 Å². The molecule has 0 spiro atoms. The first-order valence-corrected chi connectivity index (χ1v) is 6.88. The van der Waals surface area contributed by atoms with E-state index in [2.05, 4.69) is 17.4 Å². The van der Waals surface area contributed by atoms with E-state index in [4.69, 9.17) is 0 Å². The van der Waals surface area contributed by atoms with Gasteiger partial charge in [-0.2, -0.15) is 0 Å². The Morgan fingerprint density at radius 1 is 1.15 bits per heavy atom. The second kappa shape index (κ2) is 5.10. The third-order valence-electron chi connectivity index (χ3n) is 3.84. The second-order valence-electron chi connectivity index (χ2n) is 5.03. The highest BCUT2D eigenvalue weighted by atomic mass is 16.3. The van der Waals surface area contributed by atoms with E-state index in [0.29, 0.717) is 6.42 Å². The predicted molar refractivity (Wildman–Crippen MR) is 79.7 cm³/mol. The summed E-state index contributed by atoms with van der Waals surface area (Å²) in [6.45, 7) is 1.91. The number of hydrogen-bond acceptors (Lipinski definition) is 2. The van der Waals surface area contributed by atoms with Gasteiger partial charge >= 0.3 is 0 Å². The van der Waals surface area contributed by atoms with Crippen LogP contribution >= 0.6 is 0 Å². The van der Waals surface area contributed by atoms with Crippen LogP contribution in [0, 0.1) is 0 Å². The van der Waals surface area contributed by atoms with E-state index in [1.54, 1.807) is 0 Å². The van der Waals surface area contributed by atoms with Crippen LogP contribution in [0.4, 0.5) is 5.69 Å². The fraction of sp³-hybridized carbons (Fsp3) is 0.235. The van der Waals surface area contributed by atoms with Crippen molar-refractivity contribution in [3.63, 3.8) is 0 Å². The third-order valence-corrected chi connectivity index (χ3v) is 3.84. The second-order valence-corrected chi connectivity index (χ2v) is 5.03. The van der Waals surface area contributed by atoms with E-state index in [0.717, 1.165) is 22.4 Å². The minimum atomic E-state index is -0.000298. The van der Waals surface area contributed by atoms with Crippen LogP contribution in [0.3, 0.4) is 0 Å². The maximum atomic E-state index is 11.5. The molecule has 0 aromatic heterocycles. The molecule has 0 radical (unpaired) electrons. The van der Waals surface area contributed by atoms with Crippen molar-refractivity contribution < 1.29 is 9.90 Å². The summed E-state index contributed by atoms with van der Waals surface area (Å²) in [5, 5.41) is 12.6. The van der Waals surface area contributed by atoms with Gasteiger partial charge in [-0.25, -0.2) is 0 Å². The van der Waals surface area contributed by atoms with E-state index >= 15 is 0 Å². The molecule has 102 valence electrons. The Morgan fingerprint density at radius 3 is 2.65 bits per heavy atom. The molecule has 0 heterocycles. The van der Waals surface area contributed by atoms with E-state index in [1.165, 1.54) is 5.56 Å². The molecule has 0 saturated carbocycles. The van der Waals surface area contributed by atoms with Crippen LogP contribution in [0.2, 0.25) is 0 Å². The number of carbonyl (C=O) groups excluding carboxylic acids is 1. The van der Waals surface area contributed by atoms with E-state index in [9.17, 15) is 9.90 Å². The van der Waals surface area contributed by atoms with Crippen molar-refractivity contribution in [2.75, 3.05) is 11.9 Å². The van der Waals surface area contributed by atoms with Gasteiger partial charge in [0.05, 0.1) is 6.61 Å². The van der Waals surface area contributed by atoms with Gasteiger partial charge in [0.2, 0.25) is 5.91 Å². The summed E-state index contributed by atoms with van der Waals surface area (Å²) in [7, 11) is 0. The third kappa shape index (κ3) is 2.00. The molecule has 2 aromatic rings. The molecule has 3 nitrogen and oxygen atoms in total. The molecule has 0 saturated heterocycles. The van der Waals surface area contributed by atoms with Crippen LogP contribution in [0.15, 0.2) is 42.5 Å². The first-order chi connectivity index (χ1) is 9.74. The van der Waals surface area contributed by atoms with Crippen molar-refractivity contribution in [2.45, 2.75) is 19.3 Å². The summed E-state index contributed by atoms with van der Waals surface area (Å²) >= 11 is 0. The van der Waals surface area contributed by atoms with Gasteiger partial charge in [-0.05, 0) is 34.4 Å². The Balaban J connectivity index is 2.05. The zero-order valence-electron chi connectivity index (χ0n) is 11.4. The molecule has 0 fully saturated rings. The quantitative estimate of drug-likeness (QED) is 0.897. The number of benzene rings is 2. The number of aliphatic hydroxyl groups excluding tert-OH is 1. The normalized spacial score (nSPS) is 15.6. The summed E-state index contributed by atoms with van der Waals surface area (Å²) in [4.78, 5) is 11.5. The van der Waals surface area contributed by atoms with Gasteiger partial charge in [0.15, 0.2) is 0 Å². The number of carbonyl (C=O) groups is 1. The molecule has 2 aromatic carbocycles. The molecular weight excluding hydrogens is 250 g/mol. The monoisotopic (exact) mass is 267 g/mol. The molecule has 0 bridgehead atoms. The number of rotatable bonds is 3. The predicted octanol–water partition coefficient (Wildman–Crippen LogP) is 3.14. The van der Waals surface area contributed by atoms with Gasteiger partial charge in [0, 0.05) is 18.0 Å². The molecule has 20 heavy (non-hydrogen) atoms. The van der Waals surface area contributed by atoms with Gasteiger partial charge in [-0.15, -0.1) is 0 Å². The lowest BCUT2D eigenvalue weighted by Crippen LogP contribution is -2.10. The summed E-state index contributed by atoms with van der Waals surface area (Å²) in [6, 6.07) is 14.1. The molecule has 1 atom stereocenters. The van der Waals surface area contributed by atoms with Gasteiger partial charge in [0.1, 0.15) is 0 Å². The lowest BCUT2D eigenvalue weighted by Gasteiger charge is -2.11. The van der Waals surface area contributed by atoms with E-state index < -0.39 is 0 Å². The Bertz CT molecular complexity index is 664. The maximum absolute atomic E-state index is 11.5. The van der Waals surface area contributed by atoms with Gasteiger partial charge in [-0.1, -0.05) is 37.3 Å². The highest BCUT2D eigenvalue weighted by molar-refractivity contribution is 5.91. The minimum absolute atomic E-state index is 0.000298. The molecule has 2 N–H and O–H groups in total. The average Bonchev–Trinajstić information content (AvgIpc) is 2.80. The van der Waals surface area contributed by atoms with Crippen LogP contribution in [0.1, 0.15) is 30.4 Å². The first-order valence-electron chi connectivity index (χ1n) is 6.88. The Labute approximate surface area is 118 Å². The van der Waals surface area contributed by atoms with Crippen LogP contribution in [-0.4, -0.2) is 17.6 Å². The van der Waals surface area contributed by atoms with E-state index in [1.807, 2.05) is 37.3 Å². The van der Waals surface area contributed by atoms with Crippen LogP contribution in [0.25, 0.3) is 11.1 Å². The zero-order valence-corrected chi connectivity index (χ0v) is 11.4. The topological polar surface area (TPSA) is 49.3 Å². The summed E-state index contributed by atoms with van der Waals surface area (Å²) in [5.41, 5.74) is 5.36. The summed E-state index contributed by atoms with van der Waals surface area (Å²) in [5.74, 6) is 0.000637. The molecule has 1 unspecified atom stereocenters. The van der Waals surface area contributed by atoms with Crippen molar-refractivity contribution >= 4 is 11.6 Å². The summed E-state index contributed by atoms with van der Waals surface area (Å²) < 4.78 is 0. The molecule has 3 heteroatoms. The first kappa shape index (κ1) is 12.9. The fourth-order valence-corrected chi connectivity index (χ4v) is 2.83. The van der Waals surface area contributed by atoms with Gasteiger partial charge in [-0.3, -0.25) is 4.79 Å². The highest BCUT2D eigenvalue weighted by Gasteiger charge is 2.27. The Hall–Kier alpha value is -2.13. The molecule has 3 rings (SSSR count). The minimum Gasteiger partial charge on any atom is -0.395 e. The number of anilines is 1. The zero-order chi connectivity index (χ0) is 14.1. The number of fused-ring (bicyclic) bond motifs is 3. The summed E-state index contributed by atoms with van der Waals surface area (Å²) in [6.07, 6.45) is 0.459. The number of aliphatic hydroxyl groups is 1. The SMILES string of the molecule is CCC(=O)Nc1ccc2c(c1)C(CO)c1ccccc1-2. The van der Waals surface area contributed by atoms with Crippen LogP contribution in [0.5, 0.6) is 0 Å². The van der Waals surface area contributed by atoms with Crippen molar-refractivity contribution in [1.82, 2.24) is 0 Å². The molecule has 1 aliphatic carbocycles. The molecule has 1 aliphatic rings.